The number of aromatic nitrogens is 1. The van der Waals surface area contributed by atoms with Crippen molar-refractivity contribution in [2.24, 2.45) is 0 Å². The van der Waals surface area contributed by atoms with E-state index in [1.165, 1.54) is 6.20 Å². The first-order valence-corrected chi connectivity index (χ1v) is 4.65. The van der Waals surface area contributed by atoms with Crippen LogP contribution in [-0.4, -0.2) is 3.59 Å². The third kappa shape index (κ3) is 1.22. The minimum atomic E-state index is -0.223. The van der Waals surface area contributed by atoms with Gasteiger partial charge in [0.05, 0.1) is 21.7 Å². The highest BCUT2D eigenvalue weighted by atomic mass is 79.9. The third-order valence-electron chi connectivity index (χ3n) is 1.99. The molecule has 1 heterocycles. The fourth-order valence-corrected chi connectivity index (χ4v) is 1.83. The Morgan fingerprint density at radius 2 is 2.07 bits per heavy atom. The highest BCUT2D eigenvalue weighted by Crippen LogP contribution is 2.12. The van der Waals surface area contributed by atoms with Gasteiger partial charge in [0.1, 0.15) is 11.6 Å². The minimum Gasteiger partial charge on any atom is -0.288 e. The molecule has 0 aliphatic heterocycles. The van der Waals surface area contributed by atoms with Crippen molar-refractivity contribution in [3.8, 4) is 6.07 Å². The molecule has 0 atom stereocenters. The van der Waals surface area contributed by atoms with Crippen LogP contribution >= 0.6 is 16.1 Å². The second kappa shape index (κ2) is 3.28. The molecule has 0 fully saturated rings. The van der Waals surface area contributed by atoms with Crippen molar-refractivity contribution >= 4 is 27.1 Å². The number of hydrogen-bond acceptors (Lipinski definition) is 2. The lowest BCUT2D eigenvalue weighted by molar-refractivity contribution is 1.29. The van der Waals surface area contributed by atoms with Crippen LogP contribution in [0, 0.1) is 11.3 Å². The van der Waals surface area contributed by atoms with Gasteiger partial charge in [-0.3, -0.25) is 8.39 Å². The van der Waals surface area contributed by atoms with E-state index in [0.717, 1.165) is 5.52 Å². The number of fused-ring (bicyclic) bond motifs is 1. The molecule has 0 bridgehead atoms. The molecule has 14 heavy (non-hydrogen) atoms. The topological polar surface area (TPSA) is 45.8 Å². The van der Waals surface area contributed by atoms with Crippen molar-refractivity contribution in [2.75, 3.05) is 0 Å². The molecular formula is C10H5BrN2O. The molecule has 0 radical (unpaired) electrons. The van der Waals surface area contributed by atoms with Crippen LogP contribution in [0.5, 0.6) is 0 Å². The number of rotatable bonds is 0. The fraction of sp³-hybridized carbons (Fsp3) is 0. The Morgan fingerprint density at radius 3 is 2.79 bits per heavy atom. The van der Waals surface area contributed by atoms with Crippen molar-refractivity contribution in [2.45, 2.75) is 0 Å². The molecule has 2 rings (SSSR count). The second-order valence-corrected chi connectivity index (χ2v) is 3.58. The van der Waals surface area contributed by atoms with E-state index in [2.05, 4.69) is 16.1 Å². The van der Waals surface area contributed by atoms with Gasteiger partial charge in [-0.25, -0.2) is 0 Å². The number of hydrogen-bond donors (Lipinski definition) is 0. The molecule has 1 aromatic heterocycles. The van der Waals surface area contributed by atoms with Gasteiger partial charge in [-0.1, -0.05) is 12.1 Å². The Morgan fingerprint density at radius 1 is 1.36 bits per heavy atom. The Kier molecular flexibility index (Phi) is 2.10. The van der Waals surface area contributed by atoms with Gasteiger partial charge >= 0.3 is 0 Å². The highest BCUT2D eigenvalue weighted by molar-refractivity contribution is 9.08. The van der Waals surface area contributed by atoms with Crippen molar-refractivity contribution < 1.29 is 0 Å². The number of benzene rings is 1. The number of para-hydroxylation sites is 1. The molecule has 3 nitrogen and oxygen atoms in total. The maximum Gasteiger partial charge on any atom is 0.207 e. The number of halogens is 1. The first-order valence-electron chi connectivity index (χ1n) is 3.94. The van der Waals surface area contributed by atoms with Crippen LogP contribution in [0.3, 0.4) is 0 Å². The standard InChI is InChI=1S/C10H5BrN2O/c11-13-6-7(5-12)10(14)8-3-1-2-4-9(8)13/h1-4,6H. The van der Waals surface area contributed by atoms with Crippen molar-refractivity contribution in [1.29, 1.82) is 5.26 Å². The van der Waals surface area contributed by atoms with Crippen LogP contribution in [0.15, 0.2) is 35.3 Å². The van der Waals surface area contributed by atoms with Gasteiger partial charge in [-0.15, -0.1) is 0 Å². The summed E-state index contributed by atoms with van der Waals surface area (Å²) in [5.74, 6) is 0. The predicted molar refractivity (Wildman–Crippen MR) is 57.2 cm³/mol. The largest absolute Gasteiger partial charge is 0.288 e. The molecule has 2 aromatic rings. The lowest BCUT2D eigenvalue weighted by atomic mass is 10.1. The van der Waals surface area contributed by atoms with Gasteiger partial charge in [0, 0.05) is 11.6 Å². The van der Waals surface area contributed by atoms with Crippen LogP contribution in [0.25, 0.3) is 10.9 Å². The summed E-state index contributed by atoms with van der Waals surface area (Å²) in [7, 11) is 0. The summed E-state index contributed by atoms with van der Waals surface area (Å²) in [5.41, 5.74) is 0.677. The van der Waals surface area contributed by atoms with E-state index in [1.807, 2.05) is 18.2 Å². The lowest BCUT2D eigenvalue weighted by Gasteiger charge is -2.02. The van der Waals surface area contributed by atoms with Gasteiger partial charge in [-0.2, -0.15) is 5.26 Å². The molecule has 1 aromatic carbocycles. The number of nitrogens with zero attached hydrogens (tertiary/aromatic N) is 2. The summed E-state index contributed by atoms with van der Waals surface area (Å²) in [5, 5.41) is 9.26. The summed E-state index contributed by atoms with van der Waals surface area (Å²) < 4.78 is 1.60. The number of pyridine rings is 1. The van der Waals surface area contributed by atoms with E-state index in [0.29, 0.717) is 5.39 Å². The van der Waals surface area contributed by atoms with Crippen LogP contribution in [0.1, 0.15) is 5.56 Å². The zero-order chi connectivity index (χ0) is 10.1. The predicted octanol–water partition coefficient (Wildman–Crippen LogP) is 2.03. The smallest absolute Gasteiger partial charge is 0.207 e. The average molecular weight is 249 g/mol. The Hall–Kier alpha value is -1.60. The maximum absolute atomic E-state index is 11.7. The molecule has 0 unspecified atom stereocenters. The van der Waals surface area contributed by atoms with Gasteiger partial charge in [0.2, 0.25) is 5.43 Å². The Labute approximate surface area is 88.5 Å². The quantitative estimate of drug-likeness (QED) is 0.717. The third-order valence-corrected chi connectivity index (χ3v) is 2.57. The zero-order valence-electron chi connectivity index (χ0n) is 7.07. The molecule has 0 aliphatic carbocycles. The van der Waals surface area contributed by atoms with E-state index >= 15 is 0 Å². The zero-order valence-corrected chi connectivity index (χ0v) is 8.65. The summed E-state index contributed by atoms with van der Waals surface area (Å²) >= 11 is 3.25. The van der Waals surface area contributed by atoms with E-state index in [4.69, 9.17) is 5.26 Å². The number of nitriles is 1. The fourth-order valence-electron chi connectivity index (χ4n) is 1.32. The molecule has 0 amide bonds. The summed E-state index contributed by atoms with van der Waals surface area (Å²) in [6, 6.07) is 9.00. The summed E-state index contributed by atoms with van der Waals surface area (Å²) in [6.07, 6.45) is 1.48. The van der Waals surface area contributed by atoms with Crippen LogP contribution in [-0.2, 0) is 0 Å². The molecule has 4 heteroatoms. The summed E-state index contributed by atoms with van der Waals surface area (Å²) in [6.45, 7) is 0. The second-order valence-electron chi connectivity index (χ2n) is 2.81. The van der Waals surface area contributed by atoms with E-state index in [9.17, 15) is 4.79 Å². The SMILES string of the molecule is N#Cc1cn(Br)c2ccccc2c1=O. The normalized spacial score (nSPS) is 10.0. The molecule has 0 saturated heterocycles. The van der Waals surface area contributed by atoms with E-state index < -0.39 is 0 Å². The van der Waals surface area contributed by atoms with Crippen LogP contribution in [0.4, 0.5) is 0 Å². The van der Waals surface area contributed by atoms with Gasteiger partial charge in [0.25, 0.3) is 0 Å². The van der Waals surface area contributed by atoms with E-state index in [1.54, 1.807) is 15.7 Å². The molecule has 0 aliphatic rings. The highest BCUT2D eigenvalue weighted by Gasteiger charge is 2.05. The summed E-state index contributed by atoms with van der Waals surface area (Å²) in [4.78, 5) is 11.7. The Bertz CT molecular complexity index is 595. The van der Waals surface area contributed by atoms with Gasteiger partial charge < -0.3 is 0 Å². The van der Waals surface area contributed by atoms with Gasteiger partial charge in [0.15, 0.2) is 0 Å². The first kappa shape index (κ1) is 8.97. The lowest BCUT2D eigenvalue weighted by Crippen LogP contribution is -2.08. The molecule has 0 spiro atoms. The minimum absolute atomic E-state index is 0.139. The average Bonchev–Trinajstić information content (AvgIpc) is 2.23. The van der Waals surface area contributed by atoms with Crippen molar-refractivity contribution in [3.05, 3.63) is 46.2 Å². The van der Waals surface area contributed by atoms with Crippen LogP contribution in [0.2, 0.25) is 0 Å². The maximum atomic E-state index is 11.7. The molecule has 0 saturated carbocycles. The van der Waals surface area contributed by atoms with Crippen molar-refractivity contribution in [3.63, 3.8) is 0 Å². The molecule has 68 valence electrons. The molecule has 0 N–H and O–H groups in total. The van der Waals surface area contributed by atoms with Gasteiger partial charge in [-0.05, 0) is 12.1 Å². The monoisotopic (exact) mass is 248 g/mol. The van der Waals surface area contributed by atoms with E-state index in [-0.39, 0.29) is 11.0 Å². The Balaban J connectivity index is 3.04. The van der Waals surface area contributed by atoms with Crippen LogP contribution < -0.4 is 5.43 Å². The molecular weight excluding hydrogens is 244 g/mol. The first-order chi connectivity index (χ1) is 6.74. The van der Waals surface area contributed by atoms with Crippen molar-refractivity contribution in [1.82, 2.24) is 3.59 Å².